The van der Waals surface area contributed by atoms with Crippen molar-refractivity contribution in [3.8, 4) is 0 Å². The number of hydrogen-bond acceptors (Lipinski definition) is 2. The van der Waals surface area contributed by atoms with Crippen molar-refractivity contribution in [3.05, 3.63) is 0 Å². The minimum atomic E-state index is -1.14. The Kier molecular flexibility index (Phi) is 4.74. The SMILES string of the molecule is CC[C@@H](C)C[C@H](C)B(O)O. The molecule has 3 heteroatoms. The van der Waals surface area contributed by atoms with E-state index in [-0.39, 0.29) is 5.82 Å². The summed E-state index contributed by atoms with van der Waals surface area (Å²) >= 11 is 0. The molecule has 0 bridgehead atoms. The number of rotatable bonds is 4. The molecular weight excluding hydrogens is 127 g/mol. The first-order valence-corrected chi connectivity index (χ1v) is 3.94. The van der Waals surface area contributed by atoms with Gasteiger partial charge >= 0.3 is 7.12 Å². The molecule has 10 heavy (non-hydrogen) atoms. The summed E-state index contributed by atoms with van der Waals surface area (Å²) in [5.41, 5.74) is 0. The van der Waals surface area contributed by atoms with Crippen LogP contribution in [-0.4, -0.2) is 17.2 Å². The highest BCUT2D eigenvalue weighted by molar-refractivity contribution is 6.42. The fourth-order valence-electron chi connectivity index (χ4n) is 0.923. The molecule has 0 spiro atoms. The van der Waals surface area contributed by atoms with E-state index in [9.17, 15) is 0 Å². The summed E-state index contributed by atoms with van der Waals surface area (Å²) in [6, 6.07) is 0. The van der Waals surface area contributed by atoms with Gasteiger partial charge in [-0.15, -0.1) is 0 Å². The Morgan fingerprint density at radius 2 is 1.80 bits per heavy atom. The summed E-state index contributed by atoms with van der Waals surface area (Å²) < 4.78 is 0. The Morgan fingerprint density at radius 1 is 1.30 bits per heavy atom. The average molecular weight is 144 g/mol. The Hall–Kier alpha value is -0.0151. The maximum atomic E-state index is 8.72. The van der Waals surface area contributed by atoms with Gasteiger partial charge in [0.05, 0.1) is 0 Å². The van der Waals surface area contributed by atoms with Gasteiger partial charge in [-0.05, 0) is 18.2 Å². The van der Waals surface area contributed by atoms with Crippen molar-refractivity contribution in [1.82, 2.24) is 0 Å². The molecule has 0 rings (SSSR count). The van der Waals surface area contributed by atoms with Gasteiger partial charge in [0.1, 0.15) is 0 Å². The van der Waals surface area contributed by atoms with E-state index < -0.39 is 7.12 Å². The number of hydrogen-bond donors (Lipinski definition) is 2. The molecule has 2 N–H and O–H groups in total. The summed E-state index contributed by atoms with van der Waals surface area (Å²) in [6.07, 6.45) is 2.01. The summed E-state index contributed by atoms with van der Waals surface area (Å²) in [5, 5.41) is 17.4. The lowest BCUT2D eigenvalue weighted by atomic mass is 9.70. The van der Waals surface area contributed by atoms with Crippen LogP contribution in [0.25, 0.3) is 0 Å². The van der Waals surface area contributed by atoms with Crippen LogP contribution in [0.1, 0.15) is 33.6 Å². The van der Waals surface area contributed by atoms with Gasteiger partial charge in [0, 0.05) is 0 Å². The lowest BCUT2D eigenvalue weighted by Crippen LogP contribution is -2.19. The lowest BCUT2D eigenvalue weighted by molar-refractivity contribution is 0.367. The molecule has 0 saturated carbocycles. The van der Waals surface area contributed by atoms with Gasteiger partial charge in [0.2, 0.25) is 0 Å². The molecule has 2 nitrogen and oxygen atoms in total. The second-order valence-electron chi connectivity index (χ2n) is 3.14. The van der Waals surface area contributed by atoms with Crippen LogP contribution >= 0.6 is 0 Å². The molecular formula is C7H17BO2. The predicted molar refractivity (Wildman–Crippen MR) is 43.7 cm³/mol. The van der Waals surface area contributed by atoms with E-state index in [1.165, 1.54) is 0 Å². The van der Waals surface area contributed by atoms with Gasteiger partial charge in [-0.1, -0.05) is 27.2 Å². The van der Waals surface area contributed by atoms with Gasteiger partial charge in [-0.3, -0.25) is 0 Å². The molecule has 60 valence electrons. The zero-order chi connectivity index (χ0) is 8.15. The highest BCUT2D eigenvalue weighted by Crippen LogP contribution is 2.19. The molecule has 0 unspecified atom stereocenters. The molecule has 0 aliphatic carbocycles. The van der Waals surface area contributed by atoms with Gasteiger partial charge in [-0.25, -0.2) is 0 Å². The van der Waals surface area contributed by atoms with E-state index in [2.05, 4.69) is 13.8 Å². The molecule has 0 aromatic carbocycles. The minimum absolute atomic E-state index is 0.00921. The Bertz CT molecular complexity index is 85.7. The predicted octanol–water partition coefficient (Wildman–Crippen LogP) is 1.29. The van der Waals surface area contributed by atoms with Gasteiger partial charge in [0.25, 0.3) is 0 Å². The third-order valence-electron chi connectivity index (χ3n) is 1.98. The second-order valence-corrected chi connectivity index (χ2v) is 3.14. The second kappa shape index (κ2) is 4.75. The molecule has 0 aromatic rings. The van der Waals surface area contributed by atoms with Crippen LogP contribution in [0.4, 0.5) is 0 Å². The van der Waals surface area contributed by atoms with E-state index in [0.29, 0.717) is 5.92 Å². The Morgan fingerprint density at radius 3 is 2.10 bits per heavy atom. The molecule has 2 atom stereocenters. The summed E-state index contributed by atoms with van der Waals surface area (Å²) in [4.78, 5) is 0. The van der Waals surface area contributed by atoms with Crippen molar-refractivity contribution in [2.45, 2.75) is 39.4 Å². The largest absolute Gasteiger partial charge is 0.454 e. The monoisotopic (exact) mass is 144 g/mol. The molecule has 0 aliphatic heterocycles. The maximum absolute atomic E-state index is 8.72. The third kappa shape index (κ3) is 3.91. The maximum Gasteiger partial charge on any atom is 0.454 e. The molecule has 0 heterocycles. The van der Waals surface area contributed by atoms with Gasteiger partial charge in [-0.2, -0.15) is 0 Å². The van der Waals surface area contributed by atoms with E-state index >= 15 is 0 Å². The van der Waals surface area contributed by atoms with Gasteiger partial charge in [0.15, 0.2) is 0 Å². The van der Waals surface area contributed by atoms with E-state index in [1.807, 2.05) is 6.92 Å². The normalized spacial score (nSPS) is 16.5. The average Bonchev–Trinajstić information content (AvgIpc) is 1.87. The zero-order valence-corrected chi connectivity index (χ0v) is 7.04. The van der Waals surface area contributed by atoms with Crippen LogP contribution < -0.4 is 0 Å². The molecule has 0 amide bonds. The first kappa shape index (κ1) is 9.98. The zero-order valence-electron chi connectivity index (χ0n) is 7.04. The fraction of sp³-hybridized carbons (Fsp3) is 1.00. The summed E-state index contributed by atoms with van der Waals surface area (Å²) in [5.74, 6) is 0.603. The Labute approximate surface area is 63.4 Å². The first-order chi connectivity index (χ1) is 4.57. The quantitative estimate of drug-likeness (QED) is 0.583. The molecule has 0 radical (unpaired) electrons. The molecule has 0 aromatic heterocycles. The lowest BCUT2D eigenvalue weighted by Gasteiger charge is -2.13. The molecule has 0 aliphatic rings. The smallest absolute Gasteiger partial charge is 0.427 e. The highest BCUT2D eigenvalue weighted by atomic mass is 16.4. The van der Waals surface area contributed by atoms with Crippen LogP contribution in [0, 0.1) is 5.92 Å². The third-order valence-corrected chi connectivity index (χ3v) is 1.98. The van der Waals surface area contributed by atoms with Crippen LogP contribution in [0.3, 0.4) is 0 Å². The van der Waals surface area contributed by atoms with Crippen LogP contribution in [0.2, 0.25) is 5.82 Å². The van der Waals surface area contributed by atoms with Crippen molar-refractivity contribution in [1.29, 1.82) is 0 Å². The summed E-state index contributed by atoms with van der Waals surface area (Å²) in [7, 11) is -1.14. The van der Waals surface area contributed by atoms with E-state index in [0.717, 1.165) is 12.8 Å². The highest BCUT2D eigenvalue weighted by Gasteiger charge is 2.19. The van der Waals surface area contributed by atoms with Crippen molar-refractivity contribution in [3.63, 3.8) is 0 Å². The fourth-order valence-corrected chi connectivity index (χ4v) is 0.923. The van der Waals surface area contributed by atoms with Gasteiger partial charge < -0.3 is 10.0 Å². The van der Waals surface area contributed by atoms with Crippen molar-refractivity contribution < 1.29 is 10.0 Å². The first-order valence-electron chi connectivity index (χ1n) is 3.94. The van der Waals surface area contributed by atoms with Crippen molar-refractivity contribution >= 4 is 7.12 Å². The topological polar surface area (TPSA) is 40.5 Å². The van der Waals surface area contributed by atoms with Crippen molar-refractivity contribution in [2.75, 3.05) is 0 Å². The van der Waals surface area contributed by atoms with E-state index in [4.69, 9.17) is 10.0 Å². The molecule has 0 saturated heterocycles. The minimum Gasteiger partial charge on any atom is -0.427 e. The van der Waals surface area contributed by atoms with Crippen LogP contribution in [-0.2, 0) is 0 Å². The molecule has 0 fully saturated rings. The van der Waals surface area contributed by atoms with Crippen LogP contribution in [0.15, 0.2) is 0 Å². The Balaban J connectivity index is 3.46. The van der Waals surface area contributed by atoms with Crippen molar-refractivity contribution in [2.24, 2.45) is 5.92 Å². The van der Waals surface area contributed by atoms with Crippen LogP contribution in [0.5, 0.6) is 0 Å². The summed E-state index contributed by atoms with van der Waals surface area (Å²) in [6.45, 7) is 6.09. The standard InChI is InChI=1S/C7H17BO2/c1-4-6(2)5-7(3)8(9)10/h6-7,9-10H,4-5H2,1-3H3/t6-,7+/m1/s1. The van der Waals surface area contributed by atoms with E-state index in [1.54, 1.807) is 0 Å².